The largest absolute Gasteiger partial charge is 0.504 e. The van der Waals surface area contributed by atoms with Gasteiger partial charge in [0.2, 0.25) is 5.52 Å². The van der Waals surface area contributed by atoms with Crippen molar-refractivity contribution >= 4 is 10.9 Å². The molecule has 2 rings (SSSR count). The Labute approximate surface area is 81.9 Å². The highest BCUT2D eigenvalue weighted by Gasteiger charge is 2.14. The third-order valence-electron chi connectivity index (χ3n) is 2.43. The zero-order valence-electron chi connectivity index (χ0n) is 8.15. The number of hydrogen-bond donors (Lipinski definition) is 2. The molecule has 0 aliphatic rings. The molecule has 0 bridgehead atoms. The van der Waals surface area contributed by atoms with Gasteiger partial charge in [0, 0.05) is 17.7 Å². The molecular formula is C11H12NO2+. The van der Waals surface area contributed by atoms with Crippen LogP contribution in [0.15, 0.2) is 24.4 Å². The number of phenols is 2. The molecule has 3 heteroatoms. The van der Waals surface area contributed by atoms with Crippen LogP contribution in [0.25, 0.3) is 10.9 Å². The quantitative estimate of drug-likeness (QED) is 0.487. The minimum absolute atomic E-state index is 0.0382. The molecule has 0 aliphatic carbocycles. The Bertz CT molecular complexity index is 506. The van der Waals surface area contributed by atoms with E-state index < -0.39 is 0 Å². The Balaban J connectivity index is 2.98. The number of aromatic nitrogens is 1. The van der Waals surface area contributed by atoms with Gasteiger partial charge in [-0.1, -0.05) is 0 Å². The smallest absolute Gasteiger partial charge is 0.216 e. The van der Waals surface area contributed by atoms with E-state index in [0.29, 0.717) is 10.9 Å². The molecule has 2 N–H and O–H groups in total. The van der Waals surface area contributed by atoms with E-state index in [4.69, 9.17) is 0 Å². The lowest BCUT2D eigenvalue weighted by Crippen LogP contribution is -2.27. The highest BCUT2D eigenvalue weighted by atomic mass is 16.3. The third kappa shape index (κ3) is 1.09. The molecule has 0 saturated heterocycles. The van der Waals surface area contributed by atoms with Crippen molar-refractivity contribution in [2.24, 2.45) is 7.05 Å². The van der Waals surface area contributed by atoms with Crippen LogP contribution in [0.3, 0.4) is 0 Å². The summed E-state index contributed by atoms with van der Waals surface area (Å²) in [5.41, 5.74) is 1.58. The summed E-state index contributed by atoms with van der Waals surface area (Å²) >= 11 is 0. The molecule has 0 atom stereocenters. The first-order valence-electron chi connectivity index (χ1n) is 4.41. The van der Waals surface area contributed by atoms with Gasteiger partial charge < -0.3 is 10.2 Å². The molecule has 0 aliphatic heterocycles. The molecule has 14 heavy (non-hydrogen) atoms. The lowest BCUT2D eigenvalue weighted by molar-refractivity contribution is -0.644. The van der Waals surface area contributed by atoms with Gasteiger partial charge >= 0.3 is 0 Å². The summed E-state index contributed by atoms with van der Waals surface area (Å²) in [6, 6.07) is 5.46. The van der Waals surface area contributed by atoms with Crippen molar-refractivity contribution < 1.29 is 14.8 Å². The summed E-state index contributed by atoms with van der Waals surface area (Å²) in [5.74, 6) is -0.0834. The highest BCUT2D eigenvalue weighted by molar-refractivity contribution is 5.86. The van der Waals surface area contributed by atoms with Gasteiger partial charge in [-0.05, 0) is 13.0 Å². The van der Waals surface area contributed by atoms with Crippen LogP contribution in [0.5, 0.6) is 11.5 Å². The molecule has 72 valence electrons. The van der Waals surface area contributed by atoms with Gasteiger partial charge in [-0.3, -0.25) is 0 Å². The van der Waals surface area contributed by atoms with Crippen LogP contribution in [0.1, 0.15) is 5.56 Å². The van der Waals surface area contributed by atoms with Crippen LogP contribution in [-0.2, 0) is 7.05 Å². The highest BCUT2D eigenvalue weighted by Crippen LogP contribution is 2.34. The summed E-state index contributed by atoms with van der Waals surface area (Å²) in [5, 5.41) is 19.9. The van der Waals surface area contributed by atoms with Crippen LogP contribution in [0.2, 0.25) is 0 Å². The molecule has 1 aromatic carbocycles. The number of phenolic OH excluding ortho intramolecular Hbond substituents is 2. The second kappa shape index (κ2) is 2.87. The number of benzene rings is 1. The topological polar surface area (TPSA) is 44.3 Å². The van der Waals surface area contributed by atoms with Crippen LogP contribution < -0.4 is 4.57 Å². The monoisotopic (exact) mass is 190 g/mol. The second-order valence-electron chi connectivity index (χ2n) is 3.44. The maximum Gasteiger partial charge on any atom is 0.216 e. The first kappa shape index (κ1) is 8.81. The van der Waals surface area contributed by atoms with Gasteiger partial charge in [0.05, 0.1) is 5.39 Å². The zero-order valence-corrected chi connectivity index (χ0v) is 8.15. The Morgan fingerprint density at radius 3 is 2.64 bits per heavy atom. The van der Waals surface area contributed by atoms with Gasteiger partial charge in [0.15, 0.2) is 17.7 Å². The van der Waals surface area contributed by atoms with E-state index in [9.17, 15) is 10.2 Å². The Morgan fingerprint density at radius 1 is 1.21 bits per heavy atom. The summed E-state index contributed by atoms with van der Waals surface area (Å²) < 4.78 is 1.90. The van der Waals surface area contributed by atoms with E-state index in [1.807, 2.05) is 29.9 Å². The Kier molecular flexibility index (Phi) is 1.81. The SMILES string of the molecule is Cc1cc2c(ccc[n+]2C)c(O)c1O. The fraction of sp³-hybridized carbons (Fsp3) is 0.182. The van der Waals surface area contributed by atoms with Crippen molar-refractivity contribution in [3.63, 3.8) is 0 Å². The number of nitrogens with zero attached hydrogens (tertiary/aromatic N) is 1. The lowest BCUT2D eigenvalue weighted by atomic mass is 10.1. The molecule has 0 saturated carbocycles. The summed E-state index contributed by atoms with van der Waals surface area (Å²) in [6.45, 7) is 1.77. The van der Waals surface area contributed by atoms with E-state index in [2.05, 4.69) is 0 Å². The van der Waals surface area contributed by atoms with E-state index in [0.717, 1.165) is 5.52 Å². The van der Waals surface area contributed by atoms with Crippen LogP contribution in [0, 0.1) is 6.92 Å². The van der Waals surface area contributed by atoms with Gasteiger partial charge in [-0.25, -0.2) is 4.57 Å². The number of fused-ring (bicyclic) bond motifs is 1. The van der Waals surface area contributed by atoms with Crippen molar-refractivity contribution in [2.75, 3.05) is 0 Å². The van der Waals surface area contributed by atoms with Crippen LogP contribution >= 0.6 is 0 Å². The average molecular weight is 190 g/mol. The molecule has 1 heterocycles. The fourth-order valence-corrected chi connectivity index (χ4v) is 1.59. The maximum atomic E-state index is 9.70. The maximum absolute atomic E-state index is 9.70. The molecular weight excluding hydrogens is 178 g/mol. The fourth-order valence-electron chi connectivity index (χ4n) is 1.59. The molecule has 1 aromatic heterocycles. The van der Waals surface area contributed by atoms with Gasteiger partial charge in [0.1, 0.15) is 7.05 Å². The van der Waals surface area contributed by atoms with Gasteiger partial charge in [-0.15, -0.1) is 0 Å². The van der Waals surface area contributed by atoms with Crippen molar-refractivity contribution in [3.8, 4) is 11.5 Å². The molecule has 0 fully saturated rings. The van der Waals surface area contributed by atoms with Crippen LogP contribution in [-0.4, -0.2) is 10.2 Å². The van der Waals surface area contributed by atoms with E-state index in [1.54, 1.807) is 13.0 Å². The predicted octanol–water partition coefficient (Wildman–Crippen LogP) is 1.38. The predicted molar refractivity (Wildman–Crippen MR) is 53.2 cm³/mol. The van der Waals surface area contributed by atoms with Crippen molar-refractivity contribution in [2.45, 2.75) is 6.92 Å². The second-order valence-corrected chi connectivity index (χ2v) is 3.44. The van der Waals surface area contributed by atoms with E-state index in [1.165, 1.54) is 0 Å². The number of aromatic hydroxyl groups is 2. The van der Waals surface area contributed by atoms with Crippen molar-refractivity contribution in [1.82, 2.24) is 0 Å². The lowest BCUT2D eigenvalue weighted by Gasteiger charge is -2.04. The molecule has 0 spiro atoms. The average Bonchev–Trinajstić information content (AvgIpc) is 2.17. The summed E-state index contributed by atoms with van der Waals surface area (Å²) in [4.78, 5) is 0. The Hall–Kier alpha value is -1.77. The molecule has 0 unspecified atom stereocenters. The van der Waals surface area contributed by atoms with Crippen molar-refractivity contribution in [1.29, 1.82) is 0 Å². The van der Waals surface area contributed by atoms with Crippen LogP contribution in [0.4, 0.5) is 0 Å². The normalized spacial score (nSPS) is 10.7. The first-order chi connectivity index (χ1) is 6.61. The molecule has 2 aromatic rings. The standard InChI is InChI=1S/C11H11NO2/c1-7-6-9-8(11(14)10(7)13)4-3-5-12(9)2/h3-6,13H,1-2H3/p+1. The summed E-state index contributed by atoms with van der Waals surface area (Å²) in [6.07, 6.45) is 1.90. The number of pyridine rings is 1. The van der Waals surface area contributed by atoms with E-state index >= 15 is 0 Å². The van der Waals surface area contributed by atoms with Crippen molar-refractivity contribution in [3.05, 3.63) is 30.0 Å². The first-order valence-corrected chi connectivity index (χ1v) is 4.41. The minimum atomic E-state index is -0.0452. The van der Waals surface area contributed by atoms with E-state index in [-0.39, 0.29) is 11.5 Å². The van der Waals surface area contributed by atoms with Gasteiger partial charge in [-0.2, -0.15) is 0 Å². The zero-order chi connectivity index (χ0) is 10.3. The molecule has 3 nitrogen and oxygen atoms in total. The Morgan fingerprint density at radius 2 is 1.93 bits per heavy atom. The summed E-state index contributed by atoms with van der Waals surface area (Å²) in [7, 11) is 1.90. The minimum Gasteiger partial charge on any atom is -0.504 e. The number of aryl methyl sites for hydroxylation is 2. The molecule has 0 radical (unpaired) electrons. The molecule has 0 amide bonds. The number of hydrogen-bond acceptors (Lipinski definition) is 2. The third-order valence-corrected chi connectivity index (χ3v) is 2.43. The number of rotatable bonds is 0. The van der Waals surface area contributed by atoms with Gasteiger partial charge in [0.25, 0.3) is 0 Å².